The molecule has 0 bridgehead atoms. The lowest BCUT2D eigenvalue weighted by molar-refractivity contribution is 0.288. The maximum absolute atomic E-state index is 3.52. The summed E-state index contributed by atoms with van der Waals surface area (Å²) >= 11 is 0. The minimum absolute atomic E-state index is 0.716. The molecule has 1 saturated heterocycles. The van der Waals surface area contributed by atoms with Crippen molar-refractivity contribution in [1.82, 2.24) is 10.2 Å². The summed E-state index contributed by atoms with van der Waals surface area (Å²) < 4.78 is 0. The van der Waals surface area contributed by atoms with Crippen LogP contribution in [0.25, 0.3) is 0 Å². The van der Waals surface area contributed by atoms with Crippen molar-refractivity contribution < 1.29 is 0 Å². The Morgan fingerprint density at radius 2 is 1.92 bits per heavy atom. The number of nitrogens with zero attached hydrogens (tertiary/aromatic N) is 1. The standard InChI is InChI=1S/C10H22N2/c1-3-10(11-4-2)9-12-7-5-6-8-12/h10-11H,3-9H2,1-2H3/t10-/m0/s1. The van der Waals surface area contributed by atoms with Gasteiger partial charge in [0, 0.05) is 12.6 Å². The van der Waals surface area contributed by atoms with E-state index in [4.69, 9.17) is 0 Å². The summed E-state index contributed by atoms with van der Waals surface area (Å²) in [5.74, 6) is 0. The first kappa shape index (κ1) is 10.0. The van der Waals surface area contributed by atoms with Crippen molar-refractivity contribution in [1.29, 1.82) is 0 Å². The van der Waals surface area contributed by atoms with E-state index in [0.29, 0.717) is 6.04 Å². The third kappa shape index (κ3) is 3.11. The Balaban J connectivity index is 2.16. The SMILES string of the molecule is CCN[C@@H](CC)CN1CCCC1. The molecule has 2 nitrogen and oxygen atoms in total. The molecular formula is C10H22N2. The van der Waals surface area contributed by atoms with E-state index in [0.717, 1.165) is 6.54 Å². The van der Waals surface area contributed by atoms with Gasteiger partial charge in [-0.1, -0.05) is 13.8 Å². The molecular weight excluding hydrogens is 148 g/mol. The first-order chi connectivity index (χ1) is 5.86. The number of likely N-dealkylation sites (N-methyl/N-ethyl adjacent to an activating group) is 1. The number of rotatable bonds is 5. The van der Waals surface area contributed by atoms with Crippen LogP contribution >= 0.6 is 0 Å². The number of nitrogens with one attached hydrogen (secondary N) is 1. The van der Waals surface area contributed by atoms with Gasteiger partial charge in [0.15, 0.2) is 0 Å². The zero-order chi connectivity index (χ0) is 8.81. The van der Waals surface area contributed by atoms with E-state index in [1.807, 2.05) is 0 Å². The average molecular weight is 170 g/mol. The molecule has 0 spiro atoms. The molecule has 12 heavy (non-hydrogen) atoms. The quantitative estimate of drug-likeness (QED) is 0.672. The average Bonchev–Trinajstić information content (AvgIpc) is 2.56. The number of likely N-dealkylation sites (tertiary alicyclic amines) is 1. The van der Waals surface area contributed by atoms with E-state index in [9.17, 15) is 0 Å². The Morgan fingerprint density at radius 3 is 2.42 bits per heavy atom. The highest BCUT2D eigenvalue weighted by Gasteiger charge is 2.14. The Labute approximate surface area is 76.3 Å². The third-order valence-corrected chi connectivity index (χ3v) is 2.66. The maximum Gasteiger partial charge on any atom is 0.0192 e. The van der Waals surface area contributed by atoms with Gasteiger partial charge in [0.2, 0.25) is 0 Å². The fourth-order valence-corrected chi connectivity index (χ4v) is 1.90. The first-order valence-corrected chi connectivity index (χ1v) is 5.32. The zero-order valence-corrected chi connectivity index (χ0v) is 8.47. The molecule has 0 amide bonds. The predicted molar refractivity (Wildman–Crippen MR) is 53.4 cm³/mol. The lowest BCUT2D eigenvalue weighted by atomic mass is 10.2. The Hall–Kier alpha value is -0.0800. The second-order valence-corrected chi connectivity index (χ2v) is 3.67. The van der Waals surface area contributed by atoms with Gasteiger partial charge < -0.3 is 10.2 Å². The van der Waals surface area contributed by atoms with Crippen molar-refractivity contribution in [2.24, 2.45) is 0 Å². The summed E-state index contributed by atoms with van der Waals surface area (Å²) in [6.45, 7) is 9.45. The minimum Gasteiger partial charge on any atom is -0.313 e. The van der Waals surface area contributed by atoms with Gasteiger partial charge in [-0.2, -0.15) is 0 Å². The number of hydrogen-bond donors (Lipinski definition) is 1. The van der Waals surface area contributed by atoms with Gasteiger partial charge in [-0.15, -0.1) is 0 Å². The lowest BCUT2D eigenvalue weighted by Crippen LogP contribution is -2.39. The largest absolute Gasteiger partial charge is 0.313 e. The molecule has 0 aromatic carbocycles. The lowest BCUT2D eigenvalue weighted by Gasteiger charge is -2.22. The molecule has 2 heteroatoms. The van der Waals surface area contributed by atoms with Crippen molar-refractivity contribution in [2.75, 3.05) is 26.2 Å². The van der Waals surface area contributed by atoms with E-state index < -0.39 is 0 Å². The highest BCUT2D eigenvalue weighted by molar-refractivity contribution is 4.73. The molecule has 0 aliphatic carbocycles. The van der Waals surface area contributed by atoms with Crippen molar-refractivity contribution in [3.05, 3.63) is 0 Å². The van der Waals surface area contributed by atoms with Gasteiger partial charge >= 0.3 is 0 Å². The van der Waals surface area contributed by atoms with Crippen molar-refractivity contribution in [2.45, 2.75) is 39.2 Å². The van der Waals surface area contributed by atoms with Crippen LogP contribution in [0.2, 0.25) is 0 Å². The summed E-state index contributed by atoms with van der Waals surface area (Å²) in [4.78, 5) is 2.58. The molecule has 72 valence electrons. The van der Waals surface area contributed by atoms with Crippen LogP contribution in [0.4, 0.5) is 0 Å². The normalized spacial score (nSPS) is 21.5. The minimum atomic E-state index is 0.716. The van der Waals surface area contributed by atoms with Crippen LogP contribution < -0.4 is 5.32 Å². The molecule has 1 heterocycles. The third-order valence-electron chi connectivity index (χ3n) is 2.66. The molecule has 0 aromatic heterocycles. The summed E-state index contributed by atoms with van der Waals surface area (Å²) in [5, 5.41) is 3.52. The smallest absolute Gasteiger partial charge is 0.0192 e. The molecule has 0 saturated carbocycles. The van der Waals surface area contributed by atoms with Crippen molar-refractivity contribution in [3.63, 3.8) is 0 Å². The predicted octanol–water partition coefficient (Wildman–Crippen LogP) is 1.47. The molecule has 0 aromatic rings. The van der Waals surface area contributed by atoms with Gasteiger partial charge in [0.25, 0.3) is 0 Å². The number of hydrogen-bond acceptors (Lipinski definition) is 2. The molecule has 1 fully saturated rings. The fourth-order valence-electron chi connectivity index (χ4n) is 1.90. The first-order valence-electron chi connectivity index (χ1n) is 5.32. The topological polar surface area (TPSA) is 15.3 Å². The second kappa shape index (κ2) is 5.55. The Morgan fingerprint density at radius 1 is 1.25 bits per heavy atom. The van der Waals surface area contributed by atoms with E-state index in [1.165, 1.54) is 38.9 Å². The van der Waals surface area contributed by atoms with Crippen LogP contribution in [0, 0.1) is 0 Å². The van der Waals surface area contributed by atoms with E-state index in [1.54, 1.807) is 0 Å². The van der Waals surface area contributed by atoms with Crippen LogP contribution in [0.5, 0.6) is 0 Å². The molecule has 0 unspecified atom stereocenters. The van der Waals surface area contributed by atoms with Crippen LogP contribution in [-0.4, -0.2) is 37.1 Å². The summed E-state index contributed by atoms with van der Waals surface area (Å²) in [5.41, 5.74) is 0. The Kier molecular flexibility index (Phi) is 4.62. The van der Waals surface area contributed by atoms with Gasteiger partial charge in [0.1, 0.15) is 0 Å². The molecule has 1 aliphatic heterocycles. The Bertz CT molecular complexity index is 108. The van der Waals surface area contributed by atoms with E-state index in [2.05, 4.69) is 24.1 Å². The van der Waals surface area contributed by atoms with Gasteiger partial charge in [0.05, 0.1) is 0 Å². The van der Waals surface area contributed by atoms with Crippen LogP contribution in [0.15, 0.2) is 0 Å². The summed E-state index contributed by atoms with van der Waals surface area (Å²) in [6.07, 6.45) is 4.06. The molecule has 1 rings (SSSR count). The van der Waals surface area contributed by atoms with Crippen molar-refractivity contribution in [3.8, 4) is 0 Å². The van der Waals surface area contributed by atoms with Crippen LogP contribution in [0.3, 0.4) is 0 Å². The monoisotopic (exact) mass is 170 g/mol. The summed E-state index contributed by atoms with van der Waals surface area (Å²) in [6, 6.07) is 0.716. The highest BCUT2D eigenvalue weighted by atomic mass is 15.2. The molecule has 0 radical (unpaired) electrons. The zero-order valence-electron chi connectivity index (χ0n) is 8.47. The fraction of sp³-hybridized carbons (Fsp3) is 1.00. The van der Waals surface area contributed by atoms with E-state index in [-0.39, 0.29) is 0 Å². The molecule has 1 aliphatic rings. The maximum atomic E-state index is 3.52. The van der Waals surface area contributed by atoms with Crippen LogP contribution in [0.1, 0.15) is 33.1 Å². The van der Waals surface area contributed by atoms with Gasteiger partial charge in [-0.05, 0) is 38.9 Å². The summed E-state index contributed by atoms with van der Waals surface area (Å²) in [7, 11) is 0. The van der Waals surface area contributed by atoms with Crippen LogP contribution in [-0.2, 0) is 0 Å². The molecule has 1 N–H and O–H groups in total. The van der Waals surface area contributed by atoms with Gasteiger partial charge in [-0.3, -0.25) is 0 Å². The highest BCUT2D eigenvalue weighted by Crippen LogP contribution is 2.08. The molecule has 1 atom stereocenters. The van der Waals surface area contributed by atoms with Gasteiger partial charge in [-0.25, -0.2) is 0 Å². The van der Waals surface area contributed by atoms with E-state index >= 15 is 0 Å². The van der Waals surface area contributed by atoms with Crippen molar-refractivity contribution >= 4 is 0 Å². The second-order valence-electron chi connectivity index (χ2n) is 3.67.